The zero-order chi connectivity index (χ0) is 11.7. The molecule has 0 radical (unpaired) electrons. The van der Waals surface area contributed by atoms with Crippen LogP contribution in [0, 0.1) is 0 Å². The predicted molar refractivity (Wildman–Crippen MR) is 52.4 cm³/mol. The van der Waals surface area contributed by atoms with Crippen molar-refractivity contribution in [3.8, 4) is 0 Å². The molecular formula is C9H18NNaO5. The Kier molecular flexibility index (Phi) is 12.9. The number of carbonyl (C=O) groups is 2. The van der Waals surface area contributed by atoms with Crippen LogP contribution in [0.5, 0.6) is 0 Å². The largest absolute Gasteiger partial charge is 1.00 e. The zero-order valence-electron chi connectivity index (χ0n) is 11.2. The molecule has 0 aliphatic heterocycles. The van der Waals surface area contributed by atoms with Crippen molar-refractivity contribution in [2.75, 3.05) is 6.54 Å². The van der Waals surface area contributed by atoms with E-state index in [1.54, 1.807) is 20.8 Å². The van der Waals surface area contributed by atoms with Crippen molar-refractivity contribution in [1.82, 2.24) is 5.48 Å². The molecule has 0 bridgehead atoms. The van der Waals surface area contributed by atoms with E-state index in [4.69, 9.17) is 4.74 Å². The number of hydrogen-bond acceptors (Lipinski definition) is 6. The fraction of sp³-hybridized carbons (Fsp3) is 0.778. The third-order valence-corrected chi connectivity index (χ3v) is 1.47. The number of ether oxygens (including phenoxy) is 1. The van der Waals surface area contributed by atoms with Gasteiger partial charge in [0.05, 0.1) is 6.54 Å². The summed E-state index contributed by atoms with van der Waals surface area (Å²) in [6, 6.07) is 0. The van der Waals surface area contributed by atoms with Crippen LogP contribution < -0.4 is 35.0 Å². The first-order valence-electron chi connectivity index (χ1n) is 4.88. The number of hydrogen-bond donors (Lipinski definition) is 1. The van der Waals surface area contributed by atoms with Gasteiger partial charge < -0.3 is 6.16 Å². The van der Waals surface area contributed by atoms with E-state index in [0.717, 1.165) is 0 Å². The van der Waals surface area contributed by atoms with Crippen LogP contribution in [0.3, 0.4) is 0 Å². The molecule has 0 saturated heterocycles. The number of nitrogens with one attached hydrogen (secondary N) is 1. The van der Waals surface area contributed by atoms with E-state index in [2.05, 4.69) is 15.4 Å². The molecule has 16 heavy (non-hydrogen) atoms. The molecule has 0 heterocycles. The molecule has 0 aromatic carbocycles. The minimum absolute atomic E-state index is 0. The van der Waals surface area contributed by atoms with Gasteiger partial charge in [0, 0.05) is 12.8 Å². The topological polar surface area (TPSA) is 73.9 Å². The van der Waals surface area contributed by atoms with Crippen molar-refractivity contribution >= 4 is 11.9 Å². The summed E-state index contributed by atoms with van der Waals surface area (Å²) in [6.07, 6.45) is 0.232. The first-order chi connectivity index (χ1) is 7.10. The van der Waals surface area contributed by atoms with Gasteiger partial charge in [0.15, 0.2) is 0 Å². The average Bonchev–Trinajstić information content (AvgIpc) is 2.23. The minimum Gasteiger partial charge on any atom is -1.00 e. The SMILES string of the molecule is CCC(=O)OONCC(C)OC(=O)CC.[H-].[Na+]. The molecule has 1 unspecified atom stereocenters. The Labute approximate surface area is 119 Å². The van der Waals surface area contributed by atoms with E-state index in [0.29, 0.717) is 6.42 Å². The first-order valence-corrected chi connectivity index (χ1v) is 4.88. The molecule has 7 heteroatoms. The number of hydroxylamine groups is 1. The Morgan fingerprint density at radius 3 is 2.31 bits per heavy atom. The molecule has 0 aliphatic rings. The van der Waals surface area contributed by atoms with Crippen molar-refractivity contribution in [2.45, 2.75) is 39.7 Å². The molecule has 1 N–H and O–H groups in total. The smallest absolute Gasteiger partial charge is 1.00 e. The van der Waals surface area contributed by atoms with Gasteiger partial charge >= 0.3 is 41.5 Å². The number of esters is 1. The molecule has 1 atom stereocenters. The van der Waals surface area contributed by atoms with Crippen molar-refractivity contribution in [3.63, 3.8) is 0 Å². The molecule has 0 rings (SSSR count). The van der Waals surface area contributed by atoms with E-state index in [9.17, 15) is 9.59 Å². The third kappa shape index (κ3) is 10.4. The summed E-state index contributed by atoms with van der Waals surface area (Å²) in [5, 5.41) is 0. The molecule has 0 aliphatic carbocycles. The maximum Gasteiger partial charge on any atom is 1.00 e. The summed E-state index contributed by atoms with van der Waals surface area (Å²) in [7, 11) is 0. The first kappa shape index (κ1) is 18.2. The summed E-state index contributed by atoms with van der Waals surface area (Å²) in [5.74, 6) is -0.754. The molecule has 0 amide bonds. The zero-order valence-corrected chi connectivity index (χ0v) is 12.2. The van der Waals surface area contributed by atoms with Crippen LogP contribution in [0.15, 0.2) is 0 Å². The third-order valence-electron chi connectivity index (χ3n) is 1.47. The maximum atomic E-state index is 10.8. The van der Waals surface area contributed by atoms with E-state index in [1.165, 1.54) is 0 Å². The average molecular weight is 243 g/mol. The van der Waals surface area contributed by atoms with Gasteiger partial charge in [-0.05, 0) is 6.92 Å². The summed E-state index contributed by atoms with van der Waals surface area (Å²) in [5.41, 5.74) is 2.36. The normalized spacial score (nSPS) is 11.2. The van der Waals surface area contributed by atoms with Gasteiger partial charge in [-0.15, -0.1) is 0 Å². The maximum absolute atomic E-state index is 10.8. The fourth-order valence-electron chi connectivity index (χ4n) is 0.636. The van der Waals surface area contributed by atoms with E-state index in [-0.39, 0.29) is 56.0 Å². The Balaban J connectivity index is -0.000000980. The second-order valence-electron chi connectivity index (χ2n) is 2.89. The van der Waals surface area contributed by atoms with Crippen LogP contribution >= 0.6 is 0 Å². The second kappa shape index (κ2) is 11.3. The quantitative estimate of drug-likeness (QED) is 0.180. The van der Waals surface area contributed by atoms with Crippen molar-refractivity contribution in [3.05, 3.63) is 0 Å². The monoisotopic (exact) mass is 243 g/mol. The van der Waals surface area contributed by atoms with Crippen molar-refractivity contribution < 1.29 is 55.2 Å². The Morgan fingerprint density at radius 1 is 1.25 bits per heavy atom. The Morgan fingerprint density at radius 2 is 1.81 bits per heavy atom. The van der Waals surface area contributed by atoms with Crippen molar-refractivity contribution in [1.29, 1.82) is 0 Å². The van der Waals surface area contributed by atoms with Crippen LogP contribution in [0.4, 0.5) is 0 Å². The Bertz CT molecular complexity index is 218. The van der Waals surface area contributed by atoms with E-state index >= 15 is 0 Å². The Hall–Kier alpha value is -0.140. The predicted octanol–water partition coefficient (Wildman–Crippen LogP) is -2.17. The molecular weight excluding hydrogens is 225 g/mol. The fourth-order valence-corrected chi connectivity index (χ4v) is 0.636. The standard InChI is InChI=1S/C9H17NO5.Na.H/c1-4-8(11)13-7(3)6-10-15-14-9(12)5-2;;/h7,10H,4-6H2,1-3H3;;/q;+1;-1. The minimum atomic E-state index is -0.472. The van der Waals surface area contributed by atoms with E-state index < -0.39 is 5.97 Å². The van der Waals surface area contributed by atoms with Crippen LogP contribution in [0.2, 0.25) is 0 Å². The van der Waals surface area contributed by atoms with Gasteiger partial charge in [0.25, 0.3) is 0 Å². The van der Waals surface area contributed by atoms with E-state index in [1.807, 2.05) is 0 Å². The summed E-state index contributed by atoms with van der Waals surface area (Å²) in [4.78, 5) is 30.1. The van der Waals surface area contributed by atoms with Gasteiger partial charge in [0.2, 0.25) is 0 Å². The number of carbonyl (C=O) groups excluding carboxylic acids is 2. The van der Waals surface area contributed by atoms with Gasteiger partial charge in [-0.25, -0.2) is 4.79 Å². The molecule has 90 valence electrons. The van der Waals surface area contributed by atoms with Crippen molar-refractivity contribution in [2.24, 2.45) is 0 Å². The van der Waals surface area contributed by atoms with Crippen LogP contribution in [0.1, 0.15) is 35.0 Å². The number of rotatable bonds is 7. The van der Waals surface area contributed by atoms with Gasteiger partial charge in [0.1, 0.15) is 6.10 Å². The summed E-state index contributed by atoms with van der Waals surface area (Å²) < 4.78 is 4.91. The van der Waals surface area contributed by atoms with Crippen LogP contribution in [-0.2, 0) is 24.2 Å². The van der Waals surface area contributed by atoms with Crippen LogP contribution in [-0.4, -0.2) is 24.6 Å². The van der Waals surface area contributed by atoms with Crippen LogP contribution in [0.25, 0.3) is 0 Å². The molecule has 6 nitrogen and oxygen atoms in total. The molecule has 0 aromatic rings. The second-order valence-corrected chi connectivity index (χ2v) is 2.89. The molecule has 0 saturated carbocycles. The van der Waals surface area contributed by atoms with Gasteiger partial charge in [-0.2, -0.15) is 5.48 Å². The molecule has 0 aromatic heterocycles. The summed E-state index contributed by atoms with van der Waals surface area (Å²) >= 11 is 0. The summed E-state index contributed by atoms with van der Waals surface area (Å²) in [6.45, 7) is 5.31. The van der Waals surface area contributed by atoms with Gasteiger partial charge in [-0.1, -0.05) is 18.8 Å². The van der Waals surface area contributed by atoms with Gasteiger partial charge in [-0.3, -0.25) is 9.68 Å². The molecule has 0 spiro atoms. The molecule has 0 fully saturated rings.